The normalized spacial score (nSPS) is 11.8. The number of methoxy groups -OCH3 is 3. The third kappa shape index (κ3) is 4.37. The van der Waals surface area contributed by atoms with Crippen LogP contribution in [0.4, 0.5) is 0 Å². The molecule has 0 bridgehead atoms. The maximum Gasteiger partial charge on any atom is 0.203 e. The summed E-state index contributed by atoms with van der Waals surface area (Å²) >= 11 is 0. The van der Waals surface area contributed by atoms with Crippen molar-refractivity contribution < 1.29 is 19.3 Å². The average Bonchev–Trinajstić information content (AvgIpc) is 2.61. The molecule has 2 aromatic carbocycles. The molecule has 124 valence electrons. The van der Waals surface area contributed by atoms with Crippen molar-refractivity contribution >= 4 is 0 Å². The number of benzene rings is 2. The Morgan fingerprint density at radius 2 is 1.57 bits per heavy atom. The van der Waals surface area contributed by atoms with Crippen molar-refractivity contribution in [1.29, 1.82) is 0 Å². The minimum absolute atomic E-state index is 0.459. The summed E-state index contributed by atoms with van der Waals surface area (Å²) in [6.07, 6.45) is -0.543. The van der Waals surface area contributed by atoms with Crippen LogP contribution in [-0.4, -0.2) is 33.0 Å². The van der Waals surface area contributed by atoms with Gasteiger partial charge >= 0.3 is 0 Å². The van der Waals surface area contributed by atoms with Crippen LogP contribution in [0, 0.1) is 0 Å². The summed E-state index contributed by atoms with van der Waals surface area (Å²) in [5.41, 5.74) is 1.88. The molecule has 0 aliphatic rings. The van der Waals surface area contributed by atoms with E-state index in [0.717, 1.165) is 11.1 Å². The fourth-order valence-corrected chi connectivity index (χ4v) is 2.38. The molecular weight excluding hydrogens is 294 g/mol. The van der Waals surface area contributed by atoms with Crippen molar-refractivity contribution in [2.75, 3.05) is 27.9 Å². The fourth-order valence-electron chi connectivity index (χ4n) is 2.38. The molecule has 0 heterocycles. The molecule has 0 aromatic heterocycles. The predicted octanol–water partition coefficient (Wildman–Crippen LogP) is 2.54. The molecule has 0 spiro atoms. The van der Waals surface area contributed by atoms with Crippen LogP contribution in [0.3, 0.4) is 0 Å². The fraction of sp³-hybridized carbons (Fsp3) is 0.333. The van der Waals surface area contributed by atoms with E-state index in [-0.39, 0.29) is 0 Å². The highest BCUT2D eigenvalue weighted by atomic mass is 16.5. The molecule has 0 aliphatic heterocycles. The lowest BCUT2D eigenvalue weighted by Crippen LogP contribution is -2.21. The molecule has 1 atom stereocenters. The number of nitrogens with one attached hydrogen (secondary N) is 1. The summed E-state index contributed by atoms with van der Waals surface area (Å²) in [7, 11) is 4.76. The zero-order chi connectivity index (χ0) is 16.7. The Morgan fingerprint density at radius 1 is 0.957 bits per heavy atom. The van der Waals surface area contributed by atoms with Gasteiger partial charge in [-0.15, -0.1) is 0 Å². The molecule has 0 amide bonds. The summed E-state index contributed by atoms with van der Waals surface area (Å²) in [5.74, 6) is 1.81. The first-order valence-electron chi connectivity index (χ1n) is 7.42. The van der Waals surface area contributed by atoms with E-state index in [1.54, 1.807) is 21.3 Å². The van der Waals surface area contributed by atoms with Gasteiger partial charge in [0.1, 0.15) is 0 Å². The lowest BCUT2D eigenvalue weighted by atomic mass is 10.1. The second-order valence-electron chi connectivity index (χ2n) is 5.09. The summed E-state index contributed by atoms with van der Waals surface area (Å²) in [6, 6.07) is 13.4. The highest BCUT2D eigenvalue weighted by Gasteiger charge is 2.13. The van der Waals surface area contributed by atoms with Gasteiger partial charge in [-0.2, -0.15) is 0 Å². The van der Waals surface area contributed by atoms with Gasteiger partial charge in [0.25, 0.3) is 0 Å². The van der Waals surface area contributed by atoms with Crippen LogP contribution in [0.5, 0.6) is 17.2 Å². The van der Waals surface area contributed by atoms with Crippen LogP contribution >= 0.6 is 0 Å². The number of hydrogen-bond donors (Lipinski definition) is 2. The molecule has 0 aliphatic carbocycles. The molecule has 2 rings (SSSR count). The first-order valence-corrected chi connectivity index (χ1v) is 7.42. The Hall–Kier alpha value is -2.24. The van der Waals surface area contributed by atoms with Crippen molar-refractivity contribution in [2.45, 2.75) is 12.6 Å². The average molecular weight is 317 g/mol. The largest absolute Gasteiger partial charge is 0.493 e. The molecule has 5 nitrogen and oxygen atoms in total. The predicted molar refractivity (Wildman–Crippen MR) is 89.2 cm³/mol. The molecule has 0 fully saturated rings. The minimum atomic E-state index is -0.543. The van der Waals surface area contributed by atoms with Gasteiger partial charge in [-0.1, -0.05) is 30.3 Å². The van der Waals surface area contributed by atoms with E-state index in [4.69, 9.17) is 14.2 Å². The third-order valence-electron chi connectivity index (χ3n) is 3.58. The van der Waals surface area contributed by atoms with Crippen LogP contribution in [0.2, 0.25) is 0 Å². The van der Waals surface area contributed by atoms with Crippen LogP contribution in [0.1, 0.15) is 17.2 Å². The third-order valence-corrected chi connectivity index (χ3v) is 3.58. The quantitative estimate of drug-likeness (QED) is 0.783. The van der Waals surface area contributed by atoms with E-state index in [1.807, 2.05) is 42.5 Å². The van der Waals surface area contributed by atoms with Gasteiger partial charge in [0.2, 0.25) is 5.75 Å². The Morgan fingerprint density at radius 3 is 2.09 bits per heavy atom. The van der Waals surface area contributed by atoms with Gasteiger partial charge in [0, 0.05) is 13.1 Å². The first kappa shape index (κ1) is 17.1. The molecule has 0 unspecified atom stereocenters. The van der Waals surface area contributed by atoms with Crippen molar-refractivity contribution in [3.8, 4) is 17.2 Å². The number of aliphatic hydroxyl groups is 1. The highest BCUT2D eigenvalue weighted by Crippen LogP contribution is 2.38. The van der Waals surface area contributed by atoms with E-state index >= 15 is 0 Å². The molecule has 2 N–H and O–H groups in total. The zero-order valence-electron chi connectivity index (χ0n) is 13.7. The number of aliphatic hydroxyl groups excluding tert-OH is 1. The molecule has 2 aromatic rings. The van der Waals surface area contributed by atoms with Crippen LogP contribution in [0.25, 0.3) is 0 Å². The van der Waals surface area contributed by atoms with Gasteiger partial charge in [-0.3, -0.25) is 0 Å². The smallest absolute Gasteiger partial charge is 0.203 e. The zero-order valence-corrected chi connectivity index (χ0v) is 13.7. The van der Waals surface area contributed by atoms with Crippen LogP contribution in [-0.2, 0) is 6.54 Å². The molecule has 23 heavy (non-hydrogen) atoms. The SMILES string of the molecule is COc1cc(CNC[C@@H](O)c2ccccc2)cc(OC)c1OC. The molecule has 5 heteroatoms. The van der Waals surface area contributed by atoms with Crippen molar-refractivity contribution in [3.63, 3.8) is 0 Å². The Kier molecular flexibility index (Phi) is 6.26. The van der Waals surface area contributed by atoms with Crippen molar-refractivity contribution in [2.24, 2.45) is 0 Å². The molecular formula is C18H23NO4. The molecule has 0 saturated carbocycles. The van der Waals surface area contributed by atoms with Gasteiger partial charge in [-0.25, -0.2) is 0 Å². The second kappa shape index (κ2) is 8.41. The monoisotopic (exact) mass is 317 g/mol. The first-order chi connectivity index (χ1) is 11.2. The number of hydrogen-bond acceptors (Lipinski definition) is 5. The second-order valence-corrected chi connectivity index (χ2v) is 5.09. The van der Waals surface area contributed by atoms with Crippen molar-refractivity contribution in [3.05, 3.63) is 53.6 Å². The van der Waals surface area contributed by atoms with E-state index < -0.39 is 6.10 Å². The Balaban J connectivity index is 2.00. The molecule has 0 radical (unpaired) electrons. The number of ether oxygens (including phenoxy) is 3. The van der Waals surface area contributed by atoms with E-state index in [9.17, 15) is 5.11 Å². The summed E-state index contributed by atoms with van der Waals surface area (Å²) in [5, 5.41) is 13.4. The van der Waals surface area contributed by atoms with Crippen LogP contribution < -0.4 is 19.5 Å². The van der Waals surface area contributed by atoms with Gasteiger partial charge < -0.3 is 24.6 Å². The standard InChI is InChI=1S/C18H23NO4/c1-21-16-9-13(10-17(22-2)18(16)23-3)11-19-12-15(20)14-7-5-4-6-8-14/h4-10,15,19-20H,11-12H2,1-3H3/t15-/m1/s1. The Labute approximate surface area is 136 Å². The minimum Gasteiger partial charge on any atom is -0.493 e. The highest BCUT2D eigenvalue weighted by molar-refractivity contribution is 5.53. The topological polar surface area (TPSA) is 60.0 Å². The van der Waals surface area contributed by atoms with E-state index in [1.165, 1.54) is 0 Å². The van der Waals surface area contributed by atoms with Gasteiger partial charge in [0.05, 0.1) is 27.4 Å². The Bertz CT molecular complexity index is 591. The summed E-state index contributed by atoms with van der Waals surface area (Å²) in [4.78, 5) is 0. The van der Waals surface area contributed by atoms with Gasteiger partial charge in [0.15, 0.2) is 11.5 Å². The van der Waals surface area contributed by atoms with E-state index in [2.05, 4.69) is 5.32 Å². The number of rotatable bonds is 8. The maximum absolute atomic E-state index is 10.2. The lowest BCUT2D eigenvalue weighted by Gasteiger charge is -2.15. The summed E-state index contributed by atoms with van der Waals surface area (Å²) in [6.45, 7) is 1.04. The van der Waals surface area contributed by atoms with Crippen molar-refractivity contribution in [1.82, 2.24) is 5.32 Å². The summed E-state index contributed by atoms with van der Waals surface area (Å²) < 4.78 is 16.0. The molecule has 0 saturated heterocycles. The van der Waals surface area contributed by atoms with Gasteiger partial charge in [-0.05, 0) is 23.3 Å². The van der Waals surface area contributed by atoms with E-state index in [0.29, 0.717) is 30.3 Å². The maximum atomic E-state index is 10.2. The lowest BCUT2D eigenvalue weighted by molar-refractivity contribution is 0.174. The van der Waals surface area contributed by atoms with Crippen LogP contribution in [0.15, 0.2) is 42.5 Å².